The molecule has 1 fully saturated rings. The molecule has 1 aromatic heterocycles. The van der Waals surface area contributed by atoms with Crippen LogP contribution in [0, 0.1) is 0 Å². The molecule has 0 amide bonds. The summed E-state index contributed by atoms with van der Waals surface area (Å²) >= 11 is 0. The summed E-state index contributed by atoms with van der Waals surface area (Å²) in [6.07, 6.45) is 1.93. The van der Waals surface area contributed by atoms with Gasteiger partial charge in [-0.25, -0.2) is 4.98 Å². The van der Waals surface area contributed by atoms with E-state index in [-0.39, 0.29) is 0 Å². The van der Waals surface area contributed by atoms with E-state index in [4.69, 9.17) is 0 Å². The Balaban J connectivity index is 1.89. The van der Waals surface area contributed by atoms with Gasteiger partial charge in [-0.15, -0.1) is 0 Å². The molecule has 0 radical (unpaired) electrons. The Labute approximate surface area is 103 Å². The highest BCUT2D eigenvalue weighted by Gasteiger charge is 2.16. The third-order valence-electron chi connectivity index (χ3n) is 3.12. The van der Waals surface area contributed by atoms with Crippen molar-refractivity contribution in [2.45, 2.75) is 26.4 Å². The highest BCUT2D eigenvalue weighted by atomic mass is 15.3. The van der Waals surface area contributed by atoms with Crippen LogP contribution in [0.4, 0.5) is 5.95 Å². The summed E-state index contributed by atoms with van der Waals surface area (Å²) in [6, 6.07) is 0.505. The Kier molecular flexibility index (Phi) is 4.02. The minimum atomic E-state index is 0.505. The third-order valence-corrected chi connectivity index (χ3v) is 3.12. The first-order valence-corrected chi connectivity index (χ1v) is 6.36. The average molecular weight is 237 g/mol. The van der Waals surface area contributed by atoms with E-state index in [1.165, 1.54) is 0 Å². The first-order valence-electron chi connectivity index (χ1n) is 6.36. The number of likely N-dealkylation sites (N-methyl/N-ethyl adjacent to an activating group) is 1. The van der Waals surface area contributed by atoms with Crippen molar-refractivity contribution in [1.29, 1.82) is 0 Å². The van der Waals surface area contributed by atoms with Crippen LogP contribution in [-0.4, -0.2) is 54.1 Å². The van der Waals surface area contributed by atoms with Gasteiger partial charge in [-0.2, -0.15) is 0 Å². The van der Waals surface area contributed by atoms with Crippen LogP contribution in [0.25, 0.3) is 0 Å². The molecule has 96 valence electrons. The standard InChI is InChI=1S/C12H23N5/c1-10(2)13-8-11-9-14-12(15-11)17-6-4-16(3)5-7-17/h9-10,13H,4-8H2,1-3H3,(H,14,15). The second-order valence-electron chi connectivity index (χ2n) is 5.06. The molecule has 0 aliphatic carbocycles. The minimum absolute atomic E-state index is 0.505. The SMILES string of the molecule is CC(C)NCc1cnc(N2CCN(C)CC2)[nH]1. The molecule has 17 heavy (non-hydrogen) atoms. The molecule has 1 aromatic rings. The quantitative estimate of drug-likeness (QED) is 0.807. The number of H-pyrrole nitrogens is 1. The van der Waals surface area contributed by atoms with Crippen molar-refractivity contribution < 1.29 is 0 Å². The third kappa shape index (κ3) is 3.44. The molecule has 1 aliphatic heterocycles. The maximum Gasteiger partial charge on any atom is 0.203 e. The van der Waals surface area contributed by atoms with E-state index < -0.39 is 0 Å². The summed E-state index contributed by atoms with van der Waals surface area (Å²) in [6.45, 7) is 9.50. The molecule has 1 aliphatic rings. The Hall–Kier alpha value is -1.07. The normalized spacial score (nSPS) is 18.0. The van der Waals surface area contributed by atoms with Crippen LogP contribution in [0.2, 0.25) is 0 Å². The van der Waals surface area contributed by atoms with Crippen LogP contribution in [-0.2, 0) is 6.54 Å². The number of nitrogens with zero attached hydrogens (tertiary/aromatic N) is 3. The topological polar surface area (TPSA) is 47.2 Å². The van der Waals surface area contributed by atoms with Crippen LogP contribution < -0.4 is 10.2 Å². The van der Waals surface area contributed by atoms with Crippen LogP contribution in [0.3, 0.4) is 0 Å². The fourth-order valence-corrected chi connectivity index (χ4v) is 1.93. The summed E-state index contributed by atoms with van der Waals surface area (Å²) in [5.74, 6) is 1.01. The van der Waals surface area contributed by atoms with E-state index in [0.29, 0.717) is 6.04 Å². The van der Waals surface area contributed by atoms with Crippen molar-refractivity contribution >= 4 is 5.95 Å². The van der Waals surface area contributed by atoms with E-state index in [1.54, 1.807) is 0 Å². The molecule has 0 saturated carbocycles. The van der Waals surface area contributed by atoms with Gasteiger partial charge >= 0.3 is 0 Å². The predicted octanol–water partition coefficient (Wildman–Crippen LogP) is 0.659. The van der Waals surface area contributed by atoms with E-state index in [2.05, 4.69) is 46.0 Å². The van der Waals surface area contributed by atoms with Gasteiger partial charge in [0.15, 0.2) is 0 Å². The molecule has 5 heteroatoms. The van der Waals surface area contributed by atoms with E-state index in [1.807, 2.05) is 6.20 Å². The molecule has 2 heterocycles. The fraction of sp³-hybridized carbons (Fsp3) is 0.750. The Bertz CT molecular complexity index is 338. The molecule has 1 saturated heterocycles. The highest BCUT2D eigenvalue weighted by molar-refractivity contribution is 5.32. The lowest BCUT2D eigenvalue weighted by Crippen LogP contribution is -2.44. The number of nitrogens with one attached hydrogen (secondary N) is 2. The minimum Gasteiger partial charge on any atom is -0.340 e. The van der Waals surface area contributed by atoms with Gasteiger partial charge in [0.2, 0.25) is 5.95 Å². The fourth-order valence-electron chi connectivity index (χ4n) is 1.93. The van der Waals surface area contributed by atoms with Crippen molar-refractivity contribution in [3.63, 3.8) is 0 Å². The number of anilines is 1. The largest absolute Gasteiger partial charge is 0.340 e. The molecule has 0 atom stereocenters. The van der Waals surface area contributed by atoms with E-state index in [0.717, 1.165) is 44.4 Å². The van der Waals surface area contributed by atoms with Gasteiger partial charge < -0.3 is 20.1 Å². The Morgan fingerprint density at radius 3 is 2.71 bits per heavy atom. The van der Waals surface area contributed by atoms with Crippen molar-refractivity contribution in [1.82, 2.24) is 20.2 Å². The number of piperazine rings is 1. The first-order chi connectivity index (χ1) is 8.15. The van der Waals surface area contributed by atoms with Gasteiger partial charge in [-0.3, -0.25) is 0 Å². The molecule has 0 unspecified atom stereocenters. The van der Waals surface area contributed by atoms with Gasteiger partial charge in [-0.1, -0.05) is 13.8 Å². The second-order valence-corrected chi connectivity index (χ2v) is 5.06. The molecular formula is C12H23N5. The lowest BCUT2D eigenvalue weighted by Gasteiger charge is -2.32. The zero-order valence-electron chi connectivity index (χ0n) is 11.0. The van der Waals surface area contributed by atoms with E-state index in [9.17, 15) is 0 Å². The number of imidazole rings is 1. The van der Waals surface area contributed by atoms with Gasteiger partial charge in [-0.05, 0) is 7.05 Å². The summed E-state index contributed by atoms with van der Waals surface area (Å²) in [7, 11) is 2.16. The number of hydrogen-bond donors (Lipinski definition) is 2. The summed E-state index contributed by atoms with van der Waals surface area (Å²) in [4.78, 5) is 12.5. The smallest absolute Gasteiger partial charge is 0.203 e. The Morgan fingerprint density at radius 1 is 1.35 bits per heavy atom. The molecule has 5 nitrogen and oxygen atoms in total. The van der Waals surface area contributed by atoms with Gasteiger partial charge in [0, 0.05) is 38.8 Å². The highest BCUT2D eigenvalue weighted by Crippen LogP contribution is 2.11. The van der Waals surface area contributed by atoms with Gasteiger partial charge in [0.05, 0.1) is 11.9 Å². The van der Waals surface area contributed by atoms with Crippen LogP contribution >= 0.6 is 0 Å². The monoisotopic (exact) mass is 237 g/mol. The summed E-state index contributed by atoms with van der Waals surface area (Å²) < 4.78 is 0. The lowest BCUT2D eigenvalue weighted by molar-refractivity contribution is 0.311. The maximum absolute atomic E-state index is 4.45. The van der Waals surface area contributed by atoms with Crippen molar-refractivity contribution in [3.05, 3.63) is 11.9 Å². The molecule has 2 N–H and O–H groups in total. The number of rotatable bonds is 4. The zero-order chi connectivity index (χ0) is 12.3. The number of aromatic amines is 1. The number of aromatic nitrogens is 2. The van der Waals surface area contributed by atoms with Crippen LogP contribution in [0.5, 0.6) is 0 Å². The van der Waals surface area contributed by atoms with Crippen molar-refractivity contribution in [3.8, 4) is 0 Å². The molecule has 0 aromatic carbocycles. The predicted molar refractivity (Wildman–Crippen MR) is 70.3 cm³/mol. The molecule has 0 bridgehead atoms. The summed E-state index contributed by atoms with van der Waals surface area (Å²) in [5.41, 5.74) is 1.16. The van der Waals surface area contributed by atoms with Crippen molar-refractivity contribution in [2.24, 2.45) is 0 Å². The van der Waals surface area contributed by atoms with Crippen molar-refractivity contribution in [2.75, 3.05) is 38.1 Å². The van der Waals surface area contributed by atoms with Crippen LogP contribution in [0.15, 0.2) is 6.20 Å². The van der Waals surface area contributed by atoms with Crippen LogP contribution in [0.1, 0.15) is 19.5 Å². The Morgan fingerprint density at radius 2 is 2.06 bits per heavy atom. The second kappa shape index (κ2) is 5.51. The number of hydrogen-bond acceptors (Lipinski definition) is 4. The molecule has 0 spiro atoms. The van der Waals surface area contributed by atoms with Gasteiger partial charge in [0.25, 0.3) is 0 Å². The zero-order valence-corrected chi connectivity index (χ0v) is 11.0. The first kappa shape index (κ1) is 12.4. The van der Waals surface area contributed by atoms with Gasteiger partial charge in [0.1, 0.15) is 0 Å². The molecular weight excluding hydrogens is 214 g/mol. The molecule has 2 rings (SSSR count). The van der Waals surface area contributed by atoms with E-state index >= 15 is 0 Å². The maximum atomic E-state index is 4.45. The average Bonchev–Trinajstić information content (AvgIpc) is 2.76. The summed E-state index contributed by atoms with van der Waals surface area (Å²) in [5, 5.41) is 3.39. The lowest BCUT2D eigenvalue weighted by atomic mass is 10.3.